The summed E-state index contributed by atoms with van der Waals surface area (Å²) >= 11 is 0.801. The van der Waals surface area contributed by atoms with Crippen molar-refractivity contribution < 1.29 is 23.1 Å². The molecule has 0 spiro atoms. The number of morpholine rings is 1. The van der Waals surface area contributed by atoms with Crippen LogP contribution in [0, 0.1) is 6.92 Å². The van der Waals surface area contributed by atoms with Crippen molar-refractivity contribution in [2.45, 2.75) is 37.2 Å². The molecular formula is C12H17NO5S2. The van der Waals surface area contributed by atoms with Gasteiger partial charge in [-0.15, -0.1) is 11.3 Å². The summed E-state index contributed by atoms with van der Waals surface area (Å²) in [4.78, 5) is 11.1. The molecule has 20 heavy (non-hydrogen) atoms. The van der Waals surface area contributed by atoms with Gasteiger partial charge in [-0.25, -0.2) is 13.2 Å². The molecule has 0 unspecified atom stereocenters. The van der Waals surface area contributed by atoms with Gasteiger partial charge in [0.25, 0.3) is 10.0 Å². The first-order valence-electron chi connectivity index (χ1n) is 6.21. The number of sulfonamides is 1. The summed E-state index contributed by atoms with van der Waals surface area (Å²) in [5, 5.41) is 9.02. The van der Waals surface area contributed by atoms with E-state index in [0.717, 1.165) is 11.3 Å². The molecule has 0 aliphatic carbocycles. The van der Waals surface area contributed by atoms with Crippen molar-refractivity contribution >= 4 is 27.3 Å². The maximum absolute atomic E-state index is 12.6. The van der Waals surface area contributed by atoms with E-state index in [9.17, 15) is 13.2 Å². The molecule has 1 saturated heterocycles. The first kappa shape index (κ1) is 15.4. The second-order valence-corrected chi connectivity index (χ2v) is 8.18. The average Bonchev–Trinajstić information content (AvgIpc) is 2.70. The Labute approximate surface area is 122 Å². The number of hydrogen-bond acceptors (Lipinski definition) is 5. The summed E-state index contributed by atoms with van der Waals surface area (Å²) < 4.78 is 32.1. The maximum atomic E-state index is 12.6. The molecule has 112 valence electrons. The van der Waals surface area contributed by atoms with Crippen molar-refractivity contribution in [1.82, 2.24) is 4.31 Å². The molecule has 6 nitrogen and oxygen atoms in total. The highest BCUT2D eigenvalue weighted by molar-refractivity contribution is 7.91. The fourth-order valence-corrected chi connectivity index (χ4v) is 5.37. The highest BCUT2D eigenvalue weighted by atomic mass is 32.2. The Kier molecular flexibility index (Phi) is 4.19. The average molecular weight is 319 g/mol. The topological polar surface area (TPSA) is 83.9 Å². The molecule has 1 aliphatic heterocycles. The SMILES string of the molecule is Cc1cc(S(=O)(=O)N2C[C@@H](C)O[C@@H](C)C2)sc1C(=O)O. The predicted octanol–water partition coefficient (Wildman–Crippen LogP) is 1.55. The second-order valence-electron chi connectivity index (χ2n) is 4.96. The number of hydrogen-bond donors (Lipinski definition) is 1. The number of ether oxygens (including phenoxy) is 1. The van der Waals surface area contributed by atoms with Gasteiger partial charge in [0, 0.05) is 13.1 Å². The molecule has 2 heterocycles. The van der Waals surface area contributed by atoms with Crippen LogP contribution in [-0.4, -0.2) is 49.1 Å². The molecule has 0 bridgehead atoms. The number of aromatic carboxylic acids is 1. The molecule has 1 N–H and O–H groups in total. The van der Waals surface area contributed by atoms with Crippen LogP contribution >= 0.6 is 11.3 Å². The van der Waals surface area contributed by atoms with Gasteiger partial charge in [-0.05, 0) is 32.4 Å². The number of thiophene rings is 1. The molecule has 1 aromatic rings. The van der Waals surface area contributed by atoms with Gasteiger partial charge in [-0.2, -0.15) is 4.31 Å². The first-order valence-corrected chi connectivity index (χ1v) is 8.46. The molecule has 0 radical (unpaired) electrons. The van der Waals surface area contributed by atoms with Crippen LogP contribution in [0.15, 0.2) is 10.3 Å². The summed E-state index contributed by atoms with van der Waals surface area (Å²) in [5.74, 6) is -1.10. The number of aryl methyl sites for hydroxylation is 1. The molecule has 1 aliphatic rings. The largest absolute Gasteiger partial charge is 0.477 e. The normalized spacial score (nSPS) is 24.8. The van der Waals surface area contributed by atoms with Gasteiger partial charge in [-0.1, -0.05) is 0 Å². The third-order valence-corrected chi connectivity index (χ3v) is 6.58. The van der Waals surface area contributed by atoms with Crippen LogP contribution in [-0.2, 0) is 14.8 Å². The first-order chi connectivity index (χ1) is 9.21. The summed E-state index contributed by atoms with van der Waals surface area (Å²) in [7, 11) is -3.65. The minimum atomic E-state index is -3.65. The molecule has 0 amide bonds. The Morgan fingerprint density at radius 1 is 1.40 bits per heavy atom. The van der Waals surface area contributed by atoms with E-state index in [2.05, 4.69) is 0 Å². The number of carbonyl (C=O) groups is 1. The summed E-state index contributed by atoms with van der Waals surface area (Å²) in [6.45, 7) is 5.81. The highest BCUT2D eigenvalue weighted by Gasteiger charge is 2.34. The maximum Gasteiger partial charge on any atom is 0.346 e. The van der Waals surface area contributed by atoms with Crippen molar-refractivity contribution in [3.05, 3.63) is 16.5 Å². The van der Waals surface area contributed by atoms with E-state index < -0.39 is 16.0 Å². The van der Waals surface area contributed by atoms with Crippen molar-refractivity contribution in [3.8, 4) is 0 Å². The van der Waals surface area contributed by atoms with E-state index in [-0.39, 0.29) is 34.4 Å². The third-order valence-electron chi connectivity index (χ3n) is 3.07. The third kappa shape index (κ3) is 2.88. The van der Waals surface area contributed by atoms with Crippen LogP contribution in [0.1, 0.15) is 29.1 Å². The van der Waals surface area contributed by atoms with Crippen molar-refractivity contribution in [3.63, 3.8) is 0 Å². The van der Waals surface area contributed by atoms with Crippen LogP contribution in [0.5, 0.6) is 0 Å². The molecule has 0 aromatic carbocycles. The summed E-state index contributed by atoms with van der Waals surface area (Å²) in [5.41, 5.74) is 0.468. The van der Waals surface area contributed by atoms with Gasteiger partial charge >= 0.3 is 5.97 Å². The lowest BCUT2D eigenvalue weighted by Gasteiger charge is -2.34. The number of carboxylic acid groups (broad SMARTS) is 1. The Bertz CT molecular complexity index is 612. The van der Waals surface area contributed by atoms with Gasteiger partial charge in [0.2, 0.25) is 0 Å². The van der Waals surface area contributed by atoms with E-state index in [0.29, 0.717) is 5.56 Å². The van der Waals surface area contributed by atoms with Gasteiger partial charge in [-0.3, -0.25) is 0 Å². The lowest BCUT2D eigenvalue weighted by Crippen LogP contribution is -2.47. The molecular weight excluding hydrogens is 302 g/mol. The smallest absolute Gasteiger partial charge is 0.346 e. The van der Waals surface area contributed by atoms with Crippen molar-refractivity contribution in [2.24, 2.45) is 0 Å². The van der Waals surface area contributed by atoms with E-state index in [4.69, 9.17) is 9.84 Å². The van der Waals surface area contributed by atoms with E-state index in [1.165, 1.54) is 10.4 Å². The Balaban J connectivity index is 2.35. The van der Waals surface area contributed by atoms with Gasteiger partial charge in [0.15, 0.2) is 0 Å². The second kappa shape index (κ2) is 5.44. The molecule has 2 atom stereocenters. The fraction of sp³-hybridized carbons (Fsp3) is 0.583. The summed E-state index contributed by atoms with van der Waals surface area (Å²) in [6.07, 6.45) is -0.345. The van der Waals surface area contributed by atoms with Gasteiger partial charge in [0.05, 0.1) is 12.2 Å². The highest BCUT2D eigenvalue weighted by Crippen LogP contribution is 2.30. The predicted molar refractivity (Wildman–Crippen MR) is 74.8 cm³/mol. The molecule has 2 rings (SSSR count). The minimum absolute atomic E-state index is 0.0675. The lowest BCUT2D eigenvalue weighted by atomic mass is 10.3. The zero-order chi connectivity index (χ0) is 15.1. The molecule has 1 aromatic heterocycles. The quantitative estimate of drug-likeness (QED) is 0.914. The monoisotopic (exact) mass is 319 g/mol. The zero-order valence-corrected chi connectivity index (χ0v) is 13.1. The number of rotatable bonds is 3. The van der Waals surface area contributed by atoms with E-state index >= 15 is 0 Å². The molecule has 1 fully saturated rings. The van der Waals surface area contributed by atoms with Crippen LogP contribution in [0.3, 0.4) is 0 Å². The summed E-state index contributed by atoms with van der Waals surface area (Å²) in [6, 6.07) is 1.42. The minimum Gasteiger partial charge on any atom is -0.477 e. The van der Waals surface area contributed by atoms with Crippen LogP contribution in [0.4, 0.5) is 0 Å². The standard InChI is InChI=1S/C12H17NO5S2/c1-7-4-10(19-11(7)12(14)15)20(16,17)13-5-8(2)18-9(3)6-13/h4,8-9H,5-6H2,1-3H3,(H,14,15)/t8-,9+. The van der Waals surface area contributed by atoms with Crippen molar-refractivity contribution in [1.29, 1.82) is 0 Å². The molecule has 0 saturated carbocycles. The Morgan fingerprint density at radius 2 is 1.95 bits per heavy atom. The van der Waals surface area contributed by atoms with Gasteiger partial charge < -0.3 is 9.84 Å². The van der Waals surface area contributed by atoms with Crippen LogP contribution in [0.2, 0.25) is 0 Å². The Morgan fingerprint density at radius 3 is 2.40 bits per heavy atom. The zero-order valence-electron chi connectivity index (χ0n) is 11.5. The van der Waals surface area contributed by atoms with Crippen LogP contribution < -0.4 is 0 Å². The lowest BCUT2D eigenvalue weighted by molar-refractivity contribution is -0.0440. The number of carboxylic acids is 1. The number of nitrogens with zero attached hydrogens (tertiary/aromatic N) is 1. The van der Waals surface area contributed by atoms with Crippen LogP contribution in [0.25, 0.3) is 0 Å². The fourth-order valence-electron chi connectivity index (χ4n) is 2.25. The molecule has 8 heteroatoms. The van der Waals surface area contributed by atoms with Gasteiger partial charge in [0.1, 0.15) is 9.09 Å². The Hall–Kier alpha value is -0.960. The van der Waals surface area contributed by atoms with E-state index in [1.807, 2.05) is 13.8 Å². The van der Waals surface area contributed by atoms with Crippen molar-refractivity contribution in [2.75, 3.05) is 13.1 Å². The van der Waals surface area contributed by atoms with E-state index in [1.54, 1.807) is 6.92 Å².